The number of hydrogen-bond donors (Lipinski definition) is 1. The monoisotopic (exact) mass is 215 g/mol. The van der Waals surface area contributed by atoms with E-state index in [4.69, 9.17) is 4.74 Å². The van der Waals surface area contributed by atoms with E-state index in [0.717, 1.165) is 12.5 Å². The number of aliphatic hydroxyl groups is 1. The summed E-state index contributed by atoms with van der Waals surface area (Å²) in [6, 6.07) is 0.660. The zero-order valence-corrected chi connectivity index (χ0v) is 10.3. The number of aliphatic hydroxyl groups excluding tert-OH is 1. The first-order valence-corrected chi connectivity index (χ1v) is 6.00. The minimum Gasteiger partial charge on any atom is -0.389 e. The molecule has 1 unspecified atom stereocenters. The van der Waals surface area contributed by atoms with Crippen molar-refractivity contribution >= 4 is 0 Å². The molecule has 3 heteroatoms. The molecule has 0 aromatic heterocycles. The van der Waals surface area contributed by atoms with Crippen LogP contribution in [0.4, 0.5) is 0 Å². The first-order valence-electron chi connectivity index (χ1n) is 6.00. The third-order valence-corrected chi connectivity index (χ3v) is 3.47. The normalized spacial score (nSPS) is 29.4. The lowest BCUT2D eigenvalue weighted by atomic mass is 9.87. The van der Waals surface area contributed by atoms with Crippen molar-refractivity contribution in [1.82, 2.24) is 4.90 Å². The van der Waals surface area contributed by atoms with Gasteiger partial charge in [-0.1, -0.05) is 6.92 Å². The van der Waals surface area contributed by atoms with Crippen LogP contribution in [-0.2, 0) is 4.74 Å². The Morgan fingerprint density at radius 3 is 2.47 bits per heavy atom. The summed E-state index contributed by atoms with van der Waals surface area (Å²) < 4.78 is 4.93. The Labute approximate surface area is 93.4 Å². The molecular weight excluding hydrogens is 190 g/mol. The summed E-state index contributed by atoms with van der Waals surface area (Å²) in [6.07, 6.45) is 4.86. The highest BCUT2D eigenvalue weighted by Crippen LogP contribution is 2.26. The fourth-order valence-electron chi connectivity index (χ4n) is 2.41. The predicted molar refractivity (Wildman–Crippen MR) is 61.9 cm³/mol. The van der Waals surface area contributed by atoms with Gasteiger partial charge in [0.2, 0.25) is 0 Å². The van der Waals surface area contributed by atoms with Crippen molar-refractivity contribution in [3.63, 3.8) is 0 Å². The molecule has 1 N–H and O–H groups in total. The highest BCUT2D eigenvalue weighted by molar-refractivity contribution is 4.77. The lowest BCUT2D eigenvalue weighted by molar-refractivity contribution is 0.0281. The van der Waals surface area contributed by atoms with Gasteiger partial charge in [0.05, 0.1) is 12.7 Å². The average molecular weight is 215 g/mol. The van der Waals surface area contributed by atoms with E-state index >= 15 is 0 Å². The first-order chi connectivity index (χ1) is 7.13. The number of nitrogens with zero attached hydrogens (tertiary/aromatic N) is 1. The smallest absolute Gasteiger partial charge is 0.0900 e. The Balaban J connectivity index is 2.24. The molecule has 0 bridgehead atoms. The molecule has 0 heterocycles. The largest absolute Gasteiger partial charge is 0.389 e. The standard InChI is InChI=1S/C12H25NO2/c1-10-4-6-11(7-5-10)13(2)8-12(14)9-15-3/h10-12,14H,4-9H2,1-3H3. The van der Waals surface area contributed by atoms with Gasteiger partial charge in [0.1, 0.15) is 0 Å². The fourth-order valence-corrected chi connectivity index (χ4v) is 2.41. The molecule has 1 saturated carbocycles. The molecule has 1 aliphatic rings. The Morgan fingerprint density at radius 2 is 1.93 bits per heavy atom. The Kier molecular flexibility index (Phi) is 5.58. The third kappa shape index (κ3) is 4.49. The van der Waals surface area contributed by atoms with E-state index in [2.05, 4.69) is 18.9 Å². The summed E-state index contributed by atoms with van der Waals surface area (Å²) in [5.41, 5.74) is 0. The third-order valence-electron chi connectivity index (χ3n) is 3.47. The van der Waals surface area contributed by atoms with Crippen LogP contribution in [0.25, 0.3) is 0 Å². The molecule has 0 aromatic rings. The van der Waals surface area contributed by atoms with Crippen LogP contribution < -0.4 is 0 Å². The number of hydrogen-bond acceptors (Lipinski definition) is 3. The van der Waals surface area contributed by atoms with E-state index in [9.17, 15) is 5.11 Å². The molecule has 0 saturated heterocycles. The number of rotatable bonds is 5. The van der Waals surface area contributed by atoms with Gasteiger partial charge in [-0.2, -0.15) is 0 Å². The van der Waals surface area contributed by atoms with E-state index in [1.54, 1.807) is 7.11 Å². The van der Waals surface area contributed by atoms with Crippen molar-refractivity contribution in [3.05, 3.63) is 0 Å². The van der Waals surface area contributed by atoms with Gasteiger partial charge < -0.3 is 14.7 Å². The lowest BCUT2D eigenvalue weighted by Crippen LogP contribution is -2.40. The van der Waals surface area contributed by atoms with Crippen molar-refractivity contribution in [2.45, 2.75) is 44.8 Å². The number of likely N-dealkylation sites (N-methyl/N-ethyl adjacent to an activating group) is 1. The molecule has 1 rings (SSSR count). The van der Waals surface area contributed by atoms with E-state index in [0.29, 0.717) is 12.6 Å². The van der Waals surface area contributed by atoms with Crippen molar-refractivity contribution in [2.75, 3.05) is 27.3 Å². The van der Waals surface area contributed by atoms with Gasteiger partial charge in [-0.05, 0) is 38.6 Å². The molecule has 90 valence electrons. The van der Waals surface area contributed by atoms with Gasteiger partial charge in [-0.25, -0.2) is 0 Å². The van der Waals surface area contributed by atoms with Crippen molar-refractivity contribution in [2.24, 2.45) is 5.92 Å². The molecule has 15 heavy (non-hydrogen) atoms. The maximum Gasteiger partial charge on any atom is 0.0900 e. The molecule has 0 aromatic carbocycles. The van der Waals surface area contributed by atoms with Crippen LogP contribution in [0.5, 0.6) is 0 Å². The molecule has 1 fully saturated rings. The van der Waals surface area contributed by atoms with Gasteiger partial charge in [-0.15, -0.1) is 0 Å². The maximum atomic E-state index is 9.64. The quantitative estimate of drug-likeness (QED) is 0.754. The molecular formula is C12H25NO2. The van der Waals surface area contributed by atoms with Gasteiger partial charge in [0.15, 0.2) is 0 Å². The van der Waals surface area contributed by atoms with Crippen molar-refractivity contribution in [3.8, 4) is 0 Å². The van der Waals surface area contributed by atoms with Crippen molar-refractivity contribution in [1.29, 1.82) is 0 Å². The van der Waals surface area contributed by atoms with Crippen LogP contribution in [0, 0.1) is 5.92 Å². The predicted octanol–water partition coefficient (Wildman–Crippen LogP) is 1.50. The van der Waals surface area contributed by atoms with E-state index < -0.39 is 0 Å². The zero-order valence-electron chi connectivity index (χ0n) is 10.3. The van der Waals surface area contributed by atoms with Gasteiger partial charge in [0.25, 0.3) is 0 Å². The van der Waals surface area contributed by atoms with Crippen LogP contribution in [0.2, 0.25) is 0 Å². The molecule has 0 radical (unpaired) electrons. The Morgan fingerprint density at radius 1 is 1.33 bits per heavy atom. The van der Waals surface area contributed by atoms with E-state index in [1.807, 2.05) is 0 Å². The van der Waals surface area contributed by atoms with Gasteiger partial charge in [-0.3, -0.25) is 0 Å². The van der Waals surface area contributed by atoms with Crippen LogP contribution >= 0.6 is 0 Å². The number of methoxy groups -OCH3 is 1. The fraction of sp³-hybridized carbons (Fsp3) is 1.00. The summed E-state index contributed by atoms with van der Waals surface area (Å²) >= 11 is 0. The minimum absolute atomic E-state index is 0.348. The lowest BCUT2D eigenvalue weighted by Gasteiger charge is -2.34. The minimum atomic E-state index is -0.348. The topological polar surface area (TPSA) is 32.7 Å². The molecule has 0 amide bonds. The first kappa shape index (κ1) is 12.9. The molecule has 1 aliphatic carbocycles. The van der Waals surface area contributed by atoms with Gasteiger partial charge >= 0.3 is 0 Å². The Bertz CT molecular complexity index is 167. The second-order valence-electron chi connectivity index (χ2n) is 4.96. The van der Waals surface area contributed by atoms with E-state index in [-0.39, 0.29) is 6.10 Å². The summed E-state index contributed by atoms with van der Waals surface area (Å²) in [5.74, 6) is 0.888. The van der Waals surface area contributed by atoms with Crippen LogP contribution in [0.1, 0.15) is 32.6 Å². The average Bonchev–Trinajstić information content (AvgIpc) is 2.18. The van der Waals surface area contributed by atoms with Crippen LogP contribution in [0.15, 0.2) is 0 Å². The second kappa shape index (κ2) is 6.46. The SMILES string of the molecule is COCC(O)CN(C)C1CCC(C)CC1. The highest BCUT2D eigenvalue weighted by atomic mass is 16.5. The number of ether oxygens (including phenoxy) is 1. The Hall–Kier alpha value is -0.120. The van der Waals surface area contributed by atoms with Crippen LogP contribution in [-0.4, -0.2) is 49.5 Å². The summed E-state index contributed by atoms with van der Waals surface area (Å²) in [5, 5.41) is 9.64. The highest BCUT2D eigenvalue weighted by Gasteiger charge is 2.22. The van der Waals surface area contributed by atoms with E-state index in [1.165, 1.54) is 25.7 Å². The molecule has 0 spiro atoms. The zero-order chi connectivity index (χ0) is 11.3. The maximum absolute atomic E-state index is 9.64. The summed E-state index contributed by atoms with van der Waals surface area (Å²) in [6.45, 7) is 3.50. The summed E-state index contributed by atoms with van der Waals surface area (Å²) in [4.78, 5) is 2.29. The molecule has 3 nitrogen and oxygen atoms in total. The van der Waals surface area contributed by atoms with Crippen molar-refractivity contribution < 1.29 is 9.84 Å². The molecule has 0 aliphatic heterocycles. The second-order valence-corrected chi connectivity index (χ2v) is 4.96. The van der Waals surface area contributed by atoms with Crippen LogP contribution in [0.3, 0.4) is 0 Å². The van der Waals surface area contributed by atoms with Gasteiger partial charge in [0, 0.05) is 19.7 Å². The summed E-state index contributed by atoms with van der Waals surface area (Å²) in [7, 11) is 3.74. The molecule has 1 atom stereocenters.